The molecule has 0 saturated carbocycles. The van der Waals surface area contributed by atoms with Crippen LogP contribution < -0.4 is 0 Å². The number of halogens is 7. The van der Waals surface area contributed by atoms with Gasteiger partial charge < -0.3 is 0 Å². The van der Waals surface area contributed by atoms with E-state index >= 15 is 0 Å². The molecule has 0 unspecified atom stereocenters. The minimum Gasteiger partial charge on any atom is -0.203 e. The molecule has 0 N–H and O–H groups in total. The van der Waals surface area contributed by atoms with Crippen molar-refractivity contribution in [1.29, 1.82) is 0 Å². The van der Waals surface area contributed by atoms with Gasteiger partial charge in [0.1, 0.15) is 0 Å². The lowest BCUT2D eigenvalue weighted by Crippen LogP contribution is -2.11. The SMILES string of the molecule is Fc1c(C(F)(F)F)cc(Cl)c(CI)c1F. The van der Waals surface area contributed by atoms with Crippen molar-refractivity contribution in [3.8, 4) is 0 Å². The maximum atomic E-state index is 13.1. The van der Waals surface area contributed by atoms with Gasteiger partial charge in [0.25, 0.3) is 0 Å². The Bertz CT molecular complexity index is 388. The fourth-order valence-corrected chi connectivity index (χ4v) is 2.19. The normalized spacial score (nSPS) is 11.9. The summed E-state index contributed by atoms with van der Waals surface area (Å²) < 4.78 is 62.6. The largest absolute Gasteiger partial charge is 0.419 e. The van der Waals surface area contributed by atoms with Gasteiger partial charge in [-0.15, -0.1) is 0 Å². The van der Waals surface area contributed by atoms with Crippen LogP contribution in [0, 0.1) is 11.6 Å². The van der Waals surface area contributed by atoms with Gasteiger partial charge in [0.2, 0.25) is 0 Å². The summed E-state index contributed by atoms with van der Waals surface area (Å²) in [6.45, 7) is 0. The van der Waals surface area contributed by atoms with Crippen LogP contribution in [0.15, 0.2) is 6.07 Å². The van der Waals surface area contributed by atoms with Gasteiger partial charge in [-0.3, -0.25) is 0 Å². The van der Waals surface area contributed by atoms with Crippen molar-refractivity contribution in [1.82, 2.24) is 0 Å². The van der Waals surface area contributed by atoms with Gasteiger partial charge in [-0.25, -0.2) is 8.78 Å². The van der Waals surface area contributed by atoms with Crippen LogP contribution in [0.1, 0.15) is 11.1 Å². The predicted molar refractivity (Wildman–Crippen MR) is 54.1 cm³/mol. The number of benzene rings is 1. The van der Waals surface area contributed by atoms with Gasteiger partial charge in [-0.1, -0.05) is 34.2 Å². The van der Waals surface area contributed by atoms with Crippen molar-refractivity contribution in [3.05, 3.63) is 33.9 Å². The Morgan fingerprint density at radius 1 is 1.20 bits per heavy atom. The molecule has 7 heteroatoms. The molecule has 0 aliphatic carbocycles. The summed E-state index contributed by atoms with van der Waals surface area (Å²) in [4.78, 5) is 0. The van der Waals surface area contributed by atoms with E-state index in [9.17, 15) is 22.0 Å². The van der Waals surface area contributed by atoms with E-state index in [1.165, 1.54) is 0 Å². The Hall–Kier alpha value is -0.110. The van der Waals surface area contributed by atoms with Gasteiger partial charge in [0, 0.05) is 15.0 Å². The van der Waals surface area contributed by atoms with Crippen molar-refractivity contribution in [2.24, 2.45) is 0 Å². The molecule has 0 bridgehead atoms. The molecule has 1 rings (SSSR count). The van der Waals surface area contributed by atoms with E-state index in [0.717, 1.165) is 0 Å². The molecule has 84 valence electrons. The van der Waals surface area contributed by atoms with Gasteiger partial charge in [-0.05, 0) is 6.07 Å². The number of hydrogen-bond donors (Lipinski definition) is 0. The van der Waals surface area contributed by atoms with Crippen molar-refractivity contribution in [2.45, 2.75) is 10.6 Å². The van der Waals surface area contributed by atoms with E-state index in [1.807, 2.05) is 0 Å². The highest BCUT2D eigenvalue weighted by Crippen LogP contribution is 2.36. The highest BCUT2D eigenvalue weighted by molar-refractivity contribution is 14.1. The average molecular weight is 356 g/mol. The summed E-state index contributed by atoms with van der Waals surface area (Å²) in [5, 5.41) is -0.421. The molecule has 0 radical (unpaired) electrons. The third kappa shape index (κ3) is 2.52. The summed E-state index contributed by atoms with van der Waals surface area (Å²) in [6.07, 6.45) is -4.95. The Labute approximate surface area is 101 Å². The van der Waals surface area contributed by atoms with Crippen LogP contribution in [0.2, 0.25) is 5.02 Å². The molecule has 0 nitrogen and oxygen atoms in total. The Morgan fingerprint density at radius 3 is 2.13 bits per heavy atom. The molecule has 1 aromatic carbocycles. The molecule has 0 aliphatic heterocycles. The first kappa shape index (κ1) is 13.0. The zero-order valence-corrected chi connectivity index (χ0v) is 9.84. The first-order chi connectivity index (χ1) is 6.79. The number of rotatable bonds is 1. The maximum Gasteiger partial charge on any atom is 0.419 e. The minimum absolute atomic E-state index is 0.00250. The standard InChI is InChI=1S/C8H3ClF5I/c9-5-1-4(8(12,13)14)7(11)6(10)3(5)2-15/h1H,2H2. The molecule has 0 saturated heterocycles. The van der Waals surface area contributed by atoms with E-state index in [4.69, 9.17) is 11.6 Å². The summed E-state index contributed by atoms with van der Waals surface area (Å²) in [5.41, 5.74) is -1.94. The van der Waals surface area contributed by atoms with Crippen LogP contribution >= 0.6 is 34.2 Å². The fraction of sp³-hybridized carbons (Fsp3) is 0.250. The van der Waals surface area contributed by atoms with E-state index in [2.05, 4.69) is 0 Å². The molecule has 0 spiro atoms. The molecule has 0 atom stereocenters. The van der Waals surface area contributed by atoms with Crippen LogP contribution in [0.25, 0.3) is 0 Å². The summed E-state index contributed by atoms with van der Waals surface area (Å²) in [5.74, 6) is -3.44. The fourth-order valence-electron chi connectivity index (χ4n) is 0.962. The zero-order chi connectivity index (χ0) is 11.8. The molecule has 1 aromatic rings. The molecule has 15 heavy (non-hydrogen) atoms. The average Bonchev–Trinajstić information content (AvgIpc) is 2.10. The quantitative estimate of drug-likeness (QED) is 0.299. The first-order valence-electron chi connectivity index (χ1n) is 3.58. The predicted octanol–water partition coefficient (Wildman–Crippen LogP) is 4.57. The smallest absolute Gasteiger partial charge is 0.203 e. The lowest BCUT2D eigenvalue weighted by molar-refractivity contribution is -0.140. The first-order valence-corrected chi connectivity index (χ1v) is 5.49. The van der Waals surface area contributed by atoms with Crippen LogP contribution in [0.4, 0.5) is 22.0 Å². The zero-order valence-electron chi connectivity index (χ0n) is 6.93. The van der Waals surface area contributed by atoms with Gasteiger partial charge >= 0.3 is 6.18 Å². The van der Waals surface area contributed by atoms with E-state index in [0.29, 0.717) is 6.07 Å². The van der Waals surface area contributed by atoms with Crippen LogP contribution in [0.5, 0.6) is 0 Å². The lowest BCUT2D eigenvalue weighted by atomic mass is 10.1. The van der Waals surface area contributed by atoms with Crippen molar-refractivity contribution in [2.75, 3.05) is 0 Å². The van der Waals surface area contributed by atoms with Gasteiger partial charge in [-0.2, -0.15) is 13.2 Å². The molecule has 0 amide bonds. The number of hydrogen-bond acceptors (Lipinski definition) is 0. The second-order valence-electron chi connectivity index (χ2n) is 2.64. The second kappa shape index (κ2) is 4.40. The van der Waals surface area contributed by atoms with Gasteiger partial charge in [0.15, 0.2) is 11.6 Å². The third-order valence-electron chi connectivity index (χ3n) is 1.69. The molecular weight excluding hydrogens is 353 g/mol. The highest BCUT2D eigenvalue weighted by atomic mass is 127. The Kier molecular flexibility index (Phi) is 3.80. The highest BCUT2D eigenvalue weighted by Gasteiger charge is 2.36. The van der Waals surface area contributed by atoms with E-state index in [1.54, 1.807) is 22.6 Å². The third-order valence-corrected chi connectivity index (χ3v) is 2.79. The topological polar surface area (TPSA) is 0 Å². The monoisotopic (exact) mass is 356 g/mol. The summed E-state index contributed by atoms with van der Waals surface area (Å²) in [7, 11) is 0. The number of alkyl halides is 4. The Balaban J connectivity index is 3.48. The Morgan fingerprint density at radius 2 is 1.73 bits per heavy atom. The van der Waals surface area contributed by atoms with E-state index in [-0.39, 0.29) is 9.99 Å². The summed E-state index contributed by atoms with van der Waals surface area (Å²) in [6, 6.07) is 0.397. The molecular formula is C8H3ClF5I. The van der Waals surface area contributed by atoms with Crippen LogP contribution in [0.3, 0.4) is 0 Å². The maximum absolute atomic E-state index is 13.1. The molecule has 0 fully saturated rings. The van der Waals surface area contributed by atoms with Crippen molar-refractivity contribution in [3.63, 3.8) is 0 Å². The molecule has 0 aliphatic rings. The van der Waals surface area contributed by atoms with Crippen molar-refractivity contribution < 1.29 is 22.0 Å². The van der Waals surface area contributed by atoms with E-state index < -0.39 is 28.4 Å². The lowest BCUT2D eigenvalue weighted by Gasteiger charge is -2.11. The molecule has 0 aromatic heterocycles. The van der Waals surface area contributed by atoms with Gasteiger partial charge in [0.05, 0.1) is 5.56 Å². The minimum atomic E-state index is -4.95. The van der Waals surface area contributed by atoms with Crippen LogP contribution in [-0.4, -0.2) is 0 Å². The van der Waals surface area contributed by atoms with Crippen LogP contribution in [-0.2, 0) is 10.6 Å². The van der Waals surface area contributed by atoms with Crippen molar-refractivity contribution >= 4 is 34.2 Å². The second-order valence-corrected chi connectivity index (χ2v) is 3.81. The summed E-state index contributed by atoms with van der Waals surface area (Å²) >= 11 is 7.08. The molecule has 0 heterocycles.